The Kier molecular flexibility index (Phi) is 4.02. The maximum absolute atomic E-state index is 6.09. The summed E-state index contributed by atoms with van der Waals surface area (Å²) in [5.74, 6) is 1.07. The molecular formula is C12H6Cl4N2OS. The summed E-state index contributed by atoms with van der Waals surface area (Å²) in [6.07, 6.45) is 1.88. The number of rotatable bonds is 3. The van der Waals surface area contributed by atoms with Crippen LogP contribution in [0.5, 0.6) is 11.6 Å². The molecule has 0 spiro atoms. The summed E-state index contributed by atoms with van der Waals surface area (Å²) in [7, 11) is 0. The lowest BCUT2D eigenvalue weighted by Gasteiger charge is -2.07. The lowest BCUT2D eigenvalue weighted by molar-refractivity contribution is 0.462. The van der Waals surface area contributed by atoms with Gasteiger partial charge in [0.2, 0.25) is 5.88 Å². The van der Waals surface area contributed by atoms with Gasteiger partial charge in [0, 0.05) is 17.6 Å². The minimum absolute atomic E-state index is 0.270. The van der Waals surface area contributed by atoms with Crippen LogP contribution >= 0.6 is 57.7 Å². The number of fused-ring (bicyclic) bond motifs is 1. The molecule has 0 fully saturated rings. The highest BCUT2D eigenvalue weighted by Crippen LogP contribution is 2.37. The van der Waals surface area contributed by atoms with E-state index < -0.39 is 0 Å². The Labute approximate surface area is 138 Å². The zero-order valence-electron chi connectivity index (χ0n) is 9.74. The Balaban J connectivity index is 2.05. The van der Waals surface area contributed by atoms with E-state index in [-0.39, 0.29) is 5.88 Å². The summed E-state index contributed by atoms with van der Waals surface area (Å²) in [6.45, 7) is 0. The maximum atomic E-state index is 6.09. The van der Waals surface area contributed by atoms with Gasteiger partial charge in [0.05, 0.1) is 20.9 Å². The summed E-state index contributed by atoms with van der Waals surface area (Å²) in [5, 5.41) is 3.01. The van der Waals surface area contributed by atoms with Gasteiger partial charge in [0.1, 0.15) is 11.4 Å². The van der Waals surface area contributed by atoms with Crippen LogP contribution in [0.25, 0.3) is 4.96 Å². The Bertz CT molecular complexity index is 783. The van der Waals surface area contributed by atoms with Crippen molar-refractivity contribution in [1.29, 1.82) is 0 Å². The van der Waals surface area contributed by atoms with Crippen LogP contribution < -0.4 is 4.74 Å². The van der Waals surface area contributed by atoms with E-state index in [0.29, 0.717) is 26.7 Å². The van der Waals surface area contributed by atoms with Crippen molar-refractivity contribution in [2.75, 3.05) is 0 Å². The van der Waals surface area contributed by atoms with Gasteiger partial charge in [-0.25, -0.2) is 0 Å². The lowest BCUT2D eigenvalue weighted by Crippen LogP contribution is -1.92. The van der Waals surface area contributed by atoms with Crippen molar-refractivity contribution in [2.24, 2.45) is 0 Å². The maximum Gasteiger partial charge on any atom is 0.243 e. The van der Waals surface area contributed by atoms with Crippen LogP contribution in [0.3, 0.4) is 0 Å². The second-order valence-electron chi connectivity index (χ2n) is 3.85. The number of halogens is 4. The molecule has 0 aliphatic rings. The molecule has 104 valence electrons. The predicted molar refractivity (Wildman–Crippen MR) is 84.2 cm³/mol. The van der Waals surface area contributed by atoms with Crippen LogP contribution in [0, 0.1) is 0 Å². The highest BCUT2D eigenvalue weighted by atomic mass is 35.5. The number of hydrogen-bond donors (Lipinski definition) is 0. The molecule has 20 heavy (non-hydrogen) atoms. The first-order chi connectivity index (χ1) is 9.60. The number of thiazole rings is 1. The van der Waals surface area contributed by atoms with Crippen LogP contribution in [-0.2, 0) is 5.88 Å². The van der Waals surface area contributed by atoms with Crippen molar-refractivity contribution in [2.45, 2.75) is 5.88 Å². The molecule has 0 aliphatic carbocycles. The molecule has 3 rings (SSSR count). The molecule has 0 saturated heterocycles. The van der Waals surface area contributed by atoms with Gasteiger partial charge in [-0.3, -0.25) is 4.40 Å². The third-order valence-corrected chi connectivity index (χ3v) is 4.66. The summed E-state index contributed by atoms with van der Waals surface area (Å²) in [5.41, 5.74) is 0.755. The van der Waals surface area contributed by atoms with Gasteiger partial charge in [-0.2, -0.15) is 4.98 Å². The van der Waals surface area contributed by atoms with Crippen molar-refractivity contribution in [3.05, 3.63) is 44.5 Å². The van der Waals surface area contributed by atoms with Gasteiger partial charge >= 0.3 is 0 Å². The number of nitrogens with zero attached hydrogens (tertiary/aromatic N) is 2. The van der Waals surface area contributed by atoms with Crippen LogP contribution in [-0.4, -0.2) is 9.38 Å². The molecular weight excluding hydrogens is 362 g/mol. The van der Waals surface area contributed by atoms with E-state index in [1.165, 1.54) is 17.4 Å². The second kappa shape index (κ2) is 5.62. The van der Waals surface area contributed by atoms with Gasteiger partial charge < -0.3 is 4.74 Å². The molecule has 3 nitrogen and oxygen atoms in total. The average Bonchev–Trinajstić information content (AvgIpc) is 2.96. The highest BCUT2D eigenvalue weighted by molar-refractivity contribution is 7.15. The molecule has 0 bridgehead atoms. The van der Waals surface area contributed by atoms with Crippen molar-refractivity contribution >= 4 is 62.7 Å². The second-order valence-corrected chi connectivity index (χ2v) is 6.21. The number of alkyl halides is 1. The molecule has 0 aliphatic heterocycles. The van der Waals surface area contributed by atoms with Crippen molar-refractivity contribution in [1.82, 2.24) is 9.38 Å². The molecule has 2 aromatic heterocycles. The van der Waals surface area contributed by atoms with Crippen LogP contribution in [0.15, 0.2) is 23.7 Å². The van der Waals surface area contributed by atoms with Gasteiger partial charge in [0.15, 0.2) is 4.96 Å². The lowest BCUT2D eigenvalue weighted by atomic mass is 10.3. The Hall–Kier alpha value is -0.650. The quantitative estimate of drug-likeness (QED) is 0.426. The summed E-state index contributed by atoms with van der Waals surface area (Å²) >= 11 is 25.4. The van der Waals surface area contributed by atoms with Crippen molar-refractivity contribution in [3.63, 3.8) is 0 Å². The molecule has 8 heteroatoms. The molecule has 0 saturated carbocycles. The van der Waals surface area contributed by atoms with Gasteiger partial charge in [-0.1, -0.05) is 34.8 Å². The summed E-state index contributed by atoms with van der Waals surface area (Å²) in [4.78, 5) is 5.17. The van der Waals surface area contributed by atoms with E-state index in [9.17, 15) is 0 Å². The zero-order chi connectivity index (χ0) is 14.3. The Morgan fingerprint density at radius 1 is 1.15 bits per heavy atom. The fourth-order valence-corrected chi connectivity index (χ4v) is 3.25. The number of imidazole rings is 1. The zero-order valence-corrected chi connectivity index (χ0v) is 13.6. The molecule has 1 aromatic carbocycles. The summed E-state index contributed by atoms with van der Waals surface area (Å²) < 4.78 is 7.60. The number of hydrogen-bond acceptors (Lipinski definition) is 3. The van der Waals surface area contributed by atoms with Crippen molar-refractivity contribution < 1.29 is 4.74 Å². The molecule has 0 amide bonds. The van der Waals surface area contributed by atoms with Crippen molar-refractivity contribution in [3.8, 4) is 11.6 Å². The molecule has 0 unspecified atom stereocenters. The first-order valence-electron chi connectivity index (χ1n) is 5.43. The predicted octanol–water partition coefficient (Wildman–Crippen LogP) is 5.89. The van der Waals surface area contributed by atoms with E-state index in [2.05, 4.69) is 4.98 Å². The van der Waals surface area contributed by atoms with Gasteiger partial charge in [0.25, 0.3) is 0 Å². The third-order valence-electron chi connectivity index (χ3n) is 2.63. The number of aromatic nitrogens is 2. The van der Waals surface area contributed by atoms with E-state index in [1.54, 1.807) is 6.07 Å². The molecule has 0 N–H and O–H groups in total. The minimum Gasteiger partial charge on any atom is -0.436 e. The topological polar surface area (TPSA) is 26.5 Å². The van der Waals surface area contributed by atoms with Crippen LogP contribution in [0.2, 0.25) is 15.1 Å². The Morgan fingerprint density at radius 2 is 1.90 bits per heavy atom. The smallest absolute Gasteiger partial charge is 0.243 e. The first-order valence-corrected chi connectivity index (χ1v) is 7.97. The molecule has 0 atom stereocenters. The first kappa shape index (κ1) is 14.3. The van der Waals surface area contributed by atoms with Crippen LogP contribution in [0.4, 0.5) is 0 Å². The minimum atomic E-state index is 0.270. The normalized spacial score (nSPS) is 11.2. The summed E-state index contributed by atoms with van der Waals surface area (Å²) in [6, 6.07) is 3.08. The van der Waals surface area contributed by atoms with Crippen LogP contribution in [0.1, 0.15) is 5.69 Å². The SMILES string of the molecule is ClCc1c(Oc2cc(Cl)c(Cl)cc2Cl)nc2sccn12. The highest BCUT2D eigenvalue weighted by Gasteiger charge is 2.16. The molecule has 0 radical (unpaired) electrons. The standard InChI is InChI=1S/C12H6Cl4N2OS/c13-5-9-11(17-12-18(9)1-2-20-12)19-10-4-7(15)6(14)3-8(10)16/h1-4H,5H2. The fourth-order valence-electron chi connectivity index (χ4n) is 1.70. The van der Waals surface area contributed by atoms with E-state index >= 15 is 0 Å². The molecule has 2 heterocycles. The largest absolute Gasteiger partial charge is 0.436 e. The van der Waals surface area contributed by atoms with Gasteiger partial charge in [-0.15, -0.1) is 22.9 Å². The number of benzene rings is 1. The molecule has 3 aromatic rings. The van der Waals surface area contributed by atoms with E-state index in [4.69, 9.17) is 51.1 Å². The third kappa shape index (κ3) is 2.47. The monoisotopic (exact) mass is 366 g/mol. The number of ether oxygens (including phenoxy) is 1. The van der Waals surface area contributed by atoms with Gasteiger partial charge in [-0.05, 0) is 6.07 Å². The van der Waals surface area contributed by atoms with E-state index in [0.717, 1.165) is 10.7 Å². The average molecular weight is 368 g/mol. The van der Waals surface area contributed by atoms with E-state index in [1.807, 2.05) is 16.0 Å². The fraction of sp³-hybridized carbons (Fsp3) is 0.0833. The Morgan fingerprint density at radius 3 is 2.65 bits per heavy atom.